The number of carboxylic acid groups (broad SMARTS) is 1. The summed E-state index contributed by atoms with van der Waals surface area (Å²) in [5, 5.41) is 12.0. The molecule has 0 aromatic heterocycles. The average molecular weight is 540 g/mol. The van der Waals surface area contributed by atoms with Gasteiger partial charge >= 0.3 is 12.1 Å². The number of urea groups is 1. The van der Waals surface area contributed by atoms with E-state index in [4.69, 9.17) is 0 Å². The summed E-state index contributed by atoms with van der Waals surface area (Å²) >= 11 is 0. The van der Waals surface area contributed by atoms with Gasteiger partial charge in [-0.25, -0.2) is 18.4 Å². The third-order valence-corrected chi connectivity index (χ3v) is 8.14. The van der Waals surface area contributed by atoms with E-state index in [9.17, 15) is 33.1 Å². The maximum atomic E-state index is 14.9. The number of hydrogen-bond donors (Lipinski definition) is 2. The SMILES string of the molecule is O=C1CCC(c2c(F)cc(N3CC(N(C(=O)O)C4CN(C(=O)N5CCc6ccccc65)C4)C3)cc2F)C(=O)N1. The number of hydrogen-bond acceptors (Lipinski definition) is 5. The predicted molar refractivity (Wildman–Crippen MR) is 136 cm³/mol. The van der Waals surface area contributed by atoms with Gasteiger partial charge in [0, 0.05) is 56.1 Å². The van der Waals surface area contributed by atoms with Crippen molar-refractivity contribution in [3.8, 4) is 0 Å². The van der Waals surface area contributed by atoms with Crippen LogP contribution >= 0.6 is 0 Å². The number of amides is 5. The van der Waals surface area contributed by atoms with Crippen LogP contribution in [0.2, 0.25) is 0 Å². The van der Waals surface area contributed by atoms with Crippen LogP contribution in [0.5, 0.6) is 0 Å². The second-order valence-electron chi connectivity index (χ2n) is 10.4. The lowest BCUT2D eigenvalue weighted by atomic mass is 9.89. The summed E-state index contributed by atoms with van der Waals surface area (Å²) in [7, 11) is 0. The Labute approximate surface area is 222 Å². The molecule has 0 aliphatic carbocycles. The van der Waals surface area contributed by atoms with Gasteiger partial charge in [-0.05, 0) is 36.6 Å². The first-order valence-corrected chi connectivity index (χ1v) is 12.9. The Bertz CT molecular complexity index is 1350. The molecular weight excluding hydrogens is 512 g/mol. The molecule has 12 heteroatoms. The van der Waals surface area contributed by atoms with Gasteiger partial charge in [0.05, 0.1) is 18.0 Å². The Kier molecular flexibility index (Phi) is 6.12. The lowest BCUT2D eigenvalue weighted by molar-refractivity contribution is -0.134. The number of para-hydroxylation sites is 1. The van der Waals surface area contributed by atoms with E-state index in [1.54, 1.807) is 14.7 Å². The van der Waals surface area contributed by atoms with Crippen molar-refractivity contribution in [1.29, 1.82) is 0 Å². The molecule has 0 bridgehead atoms. The zero-order chi connectivity index (χ0) is 27.4. The first kappa shape index (κ1) is 25.1. The van der Waals surface area contributed by atoms with Gasteiger partial charge in [-0.3, -0.25) is 24.7 Å². The van der Waals surface area contributed by atoms with Crippen molar-refractivity contribution in [1.82, 2.24) is 15.1 Å². The summed E-state index contributed by atoms with van der Waals surface area (Å²) < 4.78 is 29.8. The number of likely N-dealkylation sites (tertiary alicyclic amines) is 1. The number of benzene rings is 2. The minimum absolute atomic E-state index is 0.00534. The third kappa shape index (κ3) is 4.33. The minimum atomic E-state index is -1.10. The Morgan fingerprint density at radius 1 is 0.974 bits per heavy atom. The van der Waals surface area contributed by atoms with Gasteiger partial charge in [0.25, 0.3) is 0 Å². The van der Waals surface area contributed by atoms with Gasteiger partial charge in [0.2, 0.25) is 11.8 Å². The molecule has 39 heavy (non-hydrogen) atoms. The monoisotopic (exact) mass is 539 g/mol. The van der Waals surface area contributed by atoms with Gasteiger partial charge < -0.3 is 14.9 Å². The van der Waals surface area contributed by atoms with E-state index in [1.807, 2.05) is 24.3 Å². The van der Waals surface area contributed by atoms with Gasteiger partial charge in [0.15, 0.2) is 0 Å². The van der Waals surface area contributed by atoms with E-state index >= 15 is 0 Å². The molecule has 204 valence electrons. The summed E-state index contributed by atoms with van der Waals surface area (Å²) in [6.45, 7) is 1.64. The first-order valence-electron chi connectivity index (χ1n) is 12.9. The van der Waals surface area contributed by atoms with E-state index in [1.165, 1.54) is 4.90 Å². The number of rotatable bonds is 4. The van der Waals surface area contributed by atoms with E-state index in [-0.39, 0.29) is 62.3 Å². The predicted octanol–water partition coefficient (Wildman–Crippen LogP) is 2.52. The number of imide groups is 1. The highest BCUT2D eigenvalue weighted by Gasteiger charge is 2.46. The van der Waals surface area contributed by atoms with Crippen molar-refractivity contribution in [2.24, 2.45) is 0 Å². The number of nitrogens with zero attached hydrogens (tertiary/aromatic N) is 4. The van der Waals surface area contributed by atoms with Crippen molar-refractivity contribution < 1.29 is 33.1 Å². The molecular formula is C27H27F2N5O5. The zero-order valence-corrected chi connectivity index (χ0v) is 21.0. The van der Waals surface area contributed by atoms with Crippen LogP contribution in [0, 0.1) is 11.6 Å². The fourth-order valence-electron chi connectivity index (χ4n) is 6.00. The van der Waals surface area contributed by atoms with E-state index in [0.717, 1.165) is 29.8 Å². The molecule has 3 saturated heterocycles. The molecule has 10 nitrogen and oxygen atoms in total. The molecule has 2 aromatic carbocycles. The van der Waals surface area contributed by atoms with E-state index in [2.05, 4.69) is 5.32 Å². The molecule has 0 radical (unpaired) electrons. The Morgan fingerprint density at radius 2 is 1.64 bits per heavy atom. The lowest BCUT2D eigenvalue weighted by Gasteiger charge is -2.52. The number of anilines is 2. The highest BCUT2D eigenvalue weighted by Crippen LogP contribution is 2.35. The third-order valence-electron chi connectivity index (χ3n) is 8.14. The van der Waals surface area contributed by atoms with Crippen LogP contribution in [-0.2, 0) is 16.0 Å². The number of piperidine rings is 1. The van der Waals surface area contributed by atoms with Crippen LogP contribution in [0.3, 0.4) is 0 Å². The second-order valence-corrected chi connectivity index (χ2v) is 10.4. The largest absolute Gasteiger partial charge is 0.465 e. The van der Waals surface area contributed by atoms with Crippen LogP contribution in [-0.4, -0.2) is 83.7 Å². The molecule has 2 N–H and O–H groups in total. The van der Waals surface area contributed by atoms with Crippen molar-refractivity contribution >= 4 is 35.3 Å². The molecule has 2 aromatic rings. The summed E-state index contributed by atoms with van der Waals surface area (Å²) in [5.74, 6) is -4.03. The van der Waals surface area contributed by atoms with Gasteiger partial charge in [0.1, 0.15) is 11.6 Å². The Balaban J connectivity index is 1.08. The van der Waals surface area contributed by atoms with Crippen LogP contribution in [0.4, 0.5) is 29.7 Å². The number of nitrogens with one attached hydrogen (secondary N) is 1. The van der Waals surface area contributed by atoms with Crippen molar-refractivity contribution in [3.05, 3.63) is 59.2 Å². The van der Waals surface area contributed by atoms with Crippen molar-refractivity contribution in [2.45, 2.75) is 37.3 Å². The van der Waals surface area contributed by atoms with Crippen LogP contribution < -0.4 is 15.1 Å². The molecule has 6 rings (SSSR count). The van der Waals surface area contributed by atoms with Crippen molar-refractivity contribution in [2.75, 3.05) is 42.5 Å². The van der Waals surface area contributed by atoms with Gasteiger partial charge in [-0.1, -0.05) is 18.2 Å². The Morgan fingerprint density at radius 3 is 2.31 bits per heavy atom. The quantitative estimate of drug-likeness (QED) is 0.578. The topological polar surface area (TPSA) is 114 Å². The molecule has 1 unspecified atom stereocenters. The summed E-state index contributed by atoms with van der Waals surface area (Å²) in [4.78, 5) is 55.0. The maximum absolute atomic E-state index is 14.9. The molecule has 0 saturated carbocycles. The molecule has 0 spiro atoms. The fourth-order valence-corrected chi connectivity index (χ4v) is 6.00. The summed E-state index contributed by atoms with van der Waals surface area (Å²) in [5.41, 5.74) is 1.88. The van der Waals surface area contributed by atoms with Crippen LogP contribution in [0.1, 0.15) is 29.9 Å². The molecule has 5 amide bonds. The fraction of sp³-hybridized carbons (Fsp3) is 0.407. The first-order chi connectivity index (χ1) is 18.7. The normalized spacial score (nSPS) is 21.3. The molecule has 3 fully saturated rings. The van der Waals surface area contributed by atoms with Gasteiger partial charge in [-0.2, -0.15) is 0 Å². The summed E-state index contributed by atoms with van der Waals surface area (Å²) in [6.07, 6.45) is -0.282. The summed E-state index contributed by atoms with van der Waals surface area (Å²) in [6, 6.07) is 9.12. The number of fused-ring (bicyclic) bond motifs is 1. The number of carbonyl (C=O) groups is 4. The molecule has 4 aliphatic heterocycles. The number of halogens is 2. The second kappa shape index (κ2) is 9.51. The number of carbonyl (C=O) groups excluding carboxylic acids is 3. The Hall–Kier alpha value is -4.22. The lowest BCUT2D eigenvalue weighted by Crippen LogP contribution is -2.71. The molecule has 4 heterocycles. The van der Waals surface area contributed by atoms with Gasteiger partial charge in [-0.15, -0.1) is 0 Å². The highest BCUT2D eigenvalue weighted by atomic mass is 19.1. The van der Waals surface area contributed by atoms with E-state index in [0.29, 0.717) is 6.54 Å². The molecule has 1 atom stereocenters. The van der Waals surface area contributed by atoms with Crippen LogP contribution in [0.15, 0.2) is 36.4 Å². The highest BCUT2D eigenvalue weighted by molar-refractivity contribution is 6.01. The molecule has 4 aliphatic rings. The van der Waals surface area contributed by atoms with Crippen molar-refractivity contribution in [3.63, 3.8) is 0 Å². The average Bonchev–Trinajstić information content (AvgIpc) is 3.26. The maximum Gasteiger partial charge on any atom is 0.408 e. The van der Waals surface area contributed by atoms with Crippen LogP contribution in [0.25, 0.3) is 0 Å². The standard InChI is InChI=1S/C27H27F2N5O5/c28-20-9-16(10-21(29)24(20)19-5-6-23(35)30-25(19)36)31-11-17(12-31)34(27(38)39)18-13-32(14-18)26(37)33-8-7-15-3-1-2-4-22(15)33/h1-4,9-10,17-19H,5-8,11-14H2,(H,38,39)(H,30,35,36). The smallest absolute Gasteiger partial charge is 0.408 e. The zero-order valence-electron chi connectivity index (χ0n) is 21.0. The minimum Gasteiger partial charge on any atom is -0.465 e. The van der Waals surface area contributed by atoms with E-state index < -0.39 is 41.5 Å².